The molecule has 2 aromatic heterocycles. The van der Waals surface area contributed by atoms with Gasteiger partial charge < -0.3 is 14.6 Å². The SMILES string of the molecule is CN(C)C1CCc2oc3ccc(NC(=O)c4ncc(Cl)cn4)cc3c2C1. The van der Waals surface area contributed by atoms with Crippen molar-refractivity contribution in [2.75, 3.05) is 19.4 Å². The molecule has 0 fully saturated rings. The molecule has 134 valence electrons. The van der Waals surface area contributed by atoms with Crippen molar-refractivity contribution in [1.29, 1.82) is 0 Å². The topological polar surface area (TPSA) is 71.3 Å². The zero-order chi connectivity index (χ0) is 18.3. The number of halogens is 1. The van der Waals surface area contributed by atoms with Crippen LogP contribution in [0.2, 0.25) is 5.02 Å². The van der Waals surface area contributed by atoms with Gasteiger partial charge in [0.1, 0.15) is 11.3 Å². The second-order valence-electron chi connectivity index (χ2n) is 6.75. The van der Waals surface area contributed by atoms with Crippen LogP contribution in [0, 0.1) is 0 Å². The Kier molecular flexibility index (Phi) is 4.38. The number of carbonyl (C=O) groups excluding carboxylic acids is 1. The van der Waals surface area contributed by atoms with Crippen molar-refractivity contribution in [2.24, 2.45) is 0 Å². The summed E-state index contributed by atoms with van der Waals surface area (Å²) in [6.45, 7) is 0. The van der Waals surface area contributed by atoms with Gasteiger partial charge in [0.05, 0.1) is 5.02 Å². The maximum absolute atomic E-state index is 12.3. The average molecular weight is 371 g/mol. The molecule has 2 heterocycles. The minimum atomic E-state index is -0.371. The lowest BCUT2D eigenvalue weighted by Crippen LogP contribution is -2.33. The van der Waals surface area contributed by atoms with E-state index in [9.17, 15) is 4.79 Å². The molecular weight excluding hydrogens is 352 g/mol. The van der Waals surface area contributed by atoms with E-state index in [1.807, 2.05) is 18.2 Å². The molecule has 0 bridgehead atoms. The summed E-state index contributed by atoms with van der Waals surface area (Å²) < 4.78 is 6.01. The van der Waals surface area contributed by atoms with Gasteiger partial charge in [-0.3, -0.25) is 4.79 Å². The van der Waals surface area contributed by atoms with Crippen molar-refractivity contribution in [3.63, 3.8) is 0 Å². The minimum Gasteiger partial charge on any atom is -0.461 e. The number of fused-ring (bicyclic) bond motifs is 3. The van der Waals surface area contributed by atoms with Crippen LogP contribution in [0.25, 0.3) is 11.0 Å². The smallest absolute Gasteiger partial charge is 0.293 e. The molecule has 0 saturated heterocycles. The van der Waals surface area contributed by atoms with E-state index < -0.39 is 0 Å². The second-order valence-corrected chi connectivity index (χ2v) is 7.19. The molecule has 0 radical (unpaired) electrons. The van der Waals surface area contributed by atoms with E-state index in [1.165, 1.54) is 18.0 Å². The number of carbonyl (C=O) groups is 1. The molecule has 0 saturated carbocycles. The molecule has 7 heteroatoms. The molecule has 1 aromatic carbocycles. The quantitative estimate of drug-likeness (QED) is 0.763. The number of anilines is 1. The summed E-state index contributed by atoms with van der Waals surface area (Å²) in [7, 11) is 4.21. The number of hydrogen-bond acceptors (Lipinski definition) is 5. The van der Waals surface area contributed by atoms with E-state index in [1.54, 1.807) is 0 Å². The largest absolute Gasteiger partial charge is 0.461 e. The number of nitrogens with one attached hydrogen (secondary N) is 1. The van der Waals surface area contributed by atoms with Crippen LogP contribution in [0.15, 0.2) is 35.0 Å². The molecule has 1 amide bonds. The summed E-state index contributed by atoms with van der Waals surface area (Å²) in [6, 6.07) is 6.19. The number of amides is 1. The summed E-state index contributed by atoms with van der Waals surface area (Å²) in [5.74, 6) is 0.767. The number of likely N-dealkylation sites (N-methyl/N-ethyl adjacent to an activating group) is 1. The van der Waals surface area contributed by atoms with Crippen LogP contribution in [-0.4, -0.2) is 40.9 Å². The van der Waals surface area contributed by atoms with Crippen LogP contribution in [0.3, 0.4) is 0 Å². The fraction of sp³-hybridized carbons (Fsp3) is 0.316. The maximum Gasteiger partial charge on any atom is 0.293 e. The third-order valence-corrected chi connectivity index (χ3v) is 5.03. The molecule has 26 heavy (non-hydrogen) atoms. The monoisotopic (exact) mass is 370 g/mol. The Morgan fingerprint density at radius 2 is 2.08 bits per heavy atom. The van der Waals surface area contributed by atoms with Crippen LogP contribution < -0.4 is 5.32 Å². The van der Waals surface area contributed by atoms with Crippen LogP contribution in [0.5, 0.6) is 0 Å². The predicted octanol–water partition coefficient (Wildman–Crippen LogP) is 3.55. The van der Waals surface area contributed by atoms with Gasteiger partial charge in [-0.25, -0.2) is 9.97 Å². The van der Waals surface area contributed by atoms with Gasteiger partial charge in [-0.15, -0.1) is 0 Å². The van der Waals surface area contributed by atoms with Crippen molar-refractivity contribution in [1.82, 2.24) is 14.9 Å². The lowest BCUT2D eigenvalue weighted by Gasteiger charge is -2.27. The summed E-state index contributed by atoms with van der Waals surface area (Å²) in [6.07, 6.45) is 5.79. The average Bonchev–Trinajstić information content (AvgIpc) is 2.99. The number of nitrogens with zero attached hydrogens (tertiary/aromatic N) is 3. The highest BCUT2D eigenvalue weighted by Gasteiger charge is 2.25. The van der Waals surface area contributed by atoms with Gasteiger partial charge in [-0.1, -0.05) is 11.6 Å². The fourth-order valence-electron chi connectivity index (χ4n) is 3.40. The van der Waals surface area contributed by atoms with Crippen molar-refractivity contribution in [2.45, 2.75) is 25.3 Å². The number of rotatable bonds is 3. The van der Waals surface area contributed by atoms with Gasteiger partial charge in [0.2, 0.25) is 5.82 Å². The Balaban J connectivity index is 1.62. The van der Waals surface area contributed by atoms with Gasteiger partial charge in [0, 0.05) is 41.5 Å². The lowest BCUT2D eigenvalue weighted by atomic mass is 9.91. The van der Waals surface area contributed by atoms with Gasteiger partial charge in [0.15, 0.2) is 0 Å². The van der Waals surface area contributed by atoms with E-state index >= 15 is 0 Å². The Labute approximate surface area is 156 Å². The molecule has 1 aliphatic carbocycles. The van der Waals surface area contributed by atoms with Gasteiger partial charge in [-0.05, 0) is 45.1 Å². The summed E-state index contributed by atoms with van der Waals surface area (Å²) in [4.78, 5) is 22.5. The highest BCUT2D eigenvalue weighted by Crippen LogP contribution is 2.34. The van der Waals surface area contributed by atoms with Crippen molar-refractivity contribution < 1.29 is 9.21 Å². The van der Waals surface area contributed by atoms with Gasteiger partial charge in [-0.2, -0.15) is 0 Å². The number of aryl methyl sites for hydroxylation is 1. The Hall–Kier alpha value is -2.44. The molecular formula is C19H19ClN4O2. The molecule has 1 N–H and O–H groups in total. The minimum absolute atomic E-state index is 0.0800. The van der Waals surface area contributed by atoms with Crippen LogP contribution in [0.4, 0.5) is 5.69 Å². The Bertz CT molecular complexity index is 966. The molecule has 6 nitrogen and oxygen atoms in total. The van der Waals surface area contributed by atoms with E-state index in [2.05, 4.69) is 34.3 Å². The summed E-state index contributed by atoms with van der Waals surface area (Å²) in [5.41, 5.74) is 2.79. The van der Waals surface area contributed by atoms with E-state index in [0.717, 1.165) is 36.0 Å². The van der Waals surface area contributed by atoms with Crippen LogP contribution in [0.1, 0.15) is 28.4 Å². The van der Waals surface area contributed by atoms with Gasteiger partial charge >= 0.3 is 0 Å². The molecule has 0 spiro atoms. The highest BCUT2D eigenvalue weighted by atomic mass is 35.5. The first-order valence-corrected chi connectivity index (χ1v) is 8.88. The van der Waals surface area contributed by atoms with Gasteiger partial charge in [0.25, 0.3) is 5.91 Å². The number of aromatic nitrogens is 2. The van der Waals surface area contributed by atoms with Crippen LogP contribution >= 0.6 is 11.6 Å². The van der Waals surface area contributed by atoms with E-state index in [4.69, 9.17) is 16.0 Å². The number of benzene rings is 1. The lowest BCUT2D eigenvalue weighted by molar-refractivity contribution is 0.101. The van der Waals surface area contributed by atoms with Crippen molar-refractivity contribution in [3.05, 3.63) is 52.8 Å². The summed E-state index contributed by atoms with van der Waals surface area (Å²) in [5, 5.41) is 4.29. The zero-order valence-corrected chi connectivity index (χ0v) is 15.4. The third kappa shape index (κ3) is 3.18. The van der Waals surface area contributed by atoms with Crippen LogP contribution in [-0.2, 0) is 12.8 Å². The first-order valence-electron chi connectivity index (χ1n) is 8.51. The van der Waals surface area contributed by atoms with E-state index in [-0.39, 0.29) is 11.7 Å². The first-order chi connectivity index (χ1) is 12.5. The molecule has 1 aliphatic rings. The fourth-order valence-corrected chi connectivity index (χ4v) is 3.49. The van der Waals surface area contributed by atoms with Crippen molar-refractivity contribution >= 4 is 34.2 Å². The van der Waals surface area contributed by atoms with Crippen molar-refractivity contribution in [3.8, 4) is 0 Å². The zero-order valence-electron chi connectivity index (χ0n) is 14.6. The Morgan fingerprint density at radius 3 is 2.81 bits per heavy atom. The van der Waals surface area contributed by atoms with E-state index in [0.29, 0.717) is 16.8 Å². The molecule has 3 aromatic rings. The molecule has 1 unspecified atom stereocenters. The second kappa shape index (κ2) is 6.70. The number of furan rings is 1. The maximum atomic E-state index is 12.3. The number of hydrogen-bond donors (Lipinski definition) is 1. The highest BCUT2D eigenvalue weighted by molar-refractivity contribution is 6.30. The third-order valence-electron chi connectivity index (χ3n) is 4.83. The molecule has 1 atom stereocenters. The summed E-state index contributed by atoms with van der Waals surface area (Å²) >= 11 is 5.76. The predicted molar refractivity (Wildman–Crippen MR) is 101 cm³/mol. The first kappa shape index (κ1) is 17.0. The molecule has 0 aliphatic heterocycles. The Morgan fingerprint density at radius 1 is 1.31 bits per heavy atom. The standard InChI is InChI=1S/C19H19ClN4O2/c1-24(2)13-4-6-17-15(8-13)14-7-12(3-5-16(14)26-17)23-19(25)18-21-9-11(20)10-22-18/h3,5,7,9-10,13H,4,6,8H2,1-2H3,(H,23,25). The molecule has 4 rings (SSSR count). The normalized spacial score (nSPS) is 16.7.